The van der Waals surface area contributed by atoms with Crippen LogP contribution < -0.4 is 21.5 Å². The van der Waals surface area contributed by atoms with E-state index in [9.17, 15) is 9.18 Å². The fourth-order valence-electron chi connectivity index (χ4n) is 4.51. The molecule has 0 radical (unpaired) electrons. The Morgan fingerprint density at radius 1 is 1.07 bits per heavy atom. The molecule has 6 nitrogen and oxygen atoms in total. The lowest BCUT2D eigenvalue weighted by Crippen LogP contribution is -2.48. The minimum Gasteiger partial charge on any atom is -0.354 e. The highest BCUT2D eigenvalue weighted by molar-refractivity contribution is 6.20. The lowest BCUT2D eigenvalue weighted by molar-refractivity contribution is -0.124. The monoisotopic (exact) mass is 415 g/mol. The highest BCUT2D eigenvalue weighted by atomic mass is 35.5. The fraction of sp³-hybridized carbons (Fsp3) is 0.900. The van der Waals surface area contributed by atoms with Gasteiger partial charge in [0.05, 0.1) is 0 Å². The van der Waals surface area contributed by atoms with Gasteiger partial charge in [0.2, 0.25) is 5.91 Å². The molecule has 0 spiro atoms. The Hall–Kier alpha value is -0.920. The third kappa shape index (κ3) is 6.29. The minimum absolute atomic E-state index is 0.0539. The van der Waals surface area contributed by atoms with Gasteiger partial charge >= 0.3 is 0 Å². The van der Waals surface area contributed by atoms with Gasteiger partial charge in [0.1, 0.15) is 12.3 Å². The van der Waals surface area contributed by atoms with Crippen molar-refractivity contribution in [2.24, 2.45) is 16.8 Å². The molecular formula is C20H35ClFN5O. The van der Waals surface area contributed by atoms with Crippen molar-refractivity contribution in [2.75, 3.05) is 0 Å². The van der Waals surface area contributed by atoms with Crippen LogP contribution in [0.5, 0.6) is 0 Å². The highest BCUT2D eigenvalue weighted by Gasteiger charge is 2.33. The number of hydrogen-bond acceptors (Lipinski definition) is 4. The normalized spacial score (nSPS) is 37.1. The minimum atomic E-state index is -0.759. The van der Waals surface area contributed by atoms with E-state index in [-0.39, 0.29) is 24.0 Å². The summed E-state index contributed by atoms with van der Waals surface area (Å²) in [6.45, 7) is 4.04. The third-order valence-electron chi connectivity index (χ3n) is 6.16. The van der Waals surface area contributed by atoms with E-state index in [0.29, 0.717) is 49.0 Å². The van der Waals surface area contributed by atoms with Gasteiger partial charge in [0, 0.05) is 29.8 Å². The number of halogens is 2. The van der Waals surface area contributed by atoms with Crippen LogP contribution in [-0.4, -0.2) is 41.7 Å². The quantitative estimate of drug-likeness (QED) is 0.323. The summed E-state index contributed by atoms with van der Waals surface area (Å²) in [4.78, 5) is 17.3. The van der Waals surface area contributed by atoms with Crippen LogP contribution in [0, 0.1) is 11.8 Å². The Morgan fingerprint density at radius 2 is 1.75 bits per heavy atom. The van der Waals surface area contributed by atoms with Crippen molar-refractivity contribution in [3.63, 3.8) is 0 Å². The van der Waals surface area contributed by atoms with Gasteiger partial charge < -0.3 is 5.32 Å². The largest absolute Gasteiger partial charge is 0.354 e. The van der Waals surface area contributed by atoms with Crippen LogP contribution in [0.1, 0.15) is 71.6 Å². The number of carbonyl (C=O) groups is 1. The molecule has 4 N–H and O–H groups in total. The number of aliphatic imine (C=N–C) groups is 1. The lowest BCUT2D eigenvalue weighted by Gasteiger charge is -2.29. The van der Waals surface area contributed by atoms with Gasteiger partial charge in [-0.25, -0.2) is 14.8 Å². The van der Waals surface area contributed by atoms with E-state index in [1.165, 1.54) is 0 Å². The second-order valence-electron chi connectivity index (χ2n) is 8.87. The Bertz CT molecular complexity index is 545. The maximum atomic E-state index is 13.3. The van der Waals surface area contributed by atoms with Crippen molar-refractivity contribution in [2.45, 2.75) is 101 Å². The molecule has 28 heavy (non-hydrogen) atoms. The molecule has 0 aromatic rings. The third-order valence-corrected chi connectivity index (χ3v) is 6.60. The highest BCUT2D eigenvalue weighted by Crippen LogP contribution is 2.32. The molecule has 2 unspecified atom stereocenters. The second-order valence-corrected chi connectivity index (χ2v) is 9.49. The van der Waals surface area contributed by atoms with Crippen molar-refractivity contribution in [3.8, 4) is 0 Å². The summed E-state index contributed by atoms with van der Waals surface area (Å²) in [7, 11) is 0. The van der Waals surface area contributed by atoms with E-state index >= 15 is 0 Å². The molecule has 2 saturated carbocycles. The van der Waals surface area contributed by atoms with E-state index in [4.69, 9.17) is 16.6 Å². The number of carbonyl (C=O) groups excluding carboxylic acids is 1. The van der Waals surface area contributed by atoms with Crippen LogP contribution in [0.2, 0.25) is 0 Å². The summed E-state index contributed by atoms with van der Waals surface area (Å²) >= 11 is 6.23. The first-order chi connectivity index (χ1) is 13.4. The molecule has 1 aliphatic heterocycles. The molecule has 1 saturated heterocycles. The molecule has 0 aromatic carbocycles. The van der Waals surface area contributed by atoms with Gasteiger partial charge in [-0.05, 0) is 71.1 Å². The summed E-state index contributed by atoms with van der Waals surface area (Å²) in [6.07, 6.45) is 6.67. The van der Waals surface area contributed by atoms with Crippen LogP contribution in [0.3, 0.4) is 0 Å². The molecule has 1 amide bonds. The number of guanidine groups is 1. The van der Waals surface area contributed by atoms with Crippen molar-refractivity contribution < 1.29 is 9.18 Å². The predicted molar refractivity (Wildman–Crippen MR) is 111 cm³/mol. The Morgan fingerprint density at radius 3 is 2.39 bits per heavy atom. The summed E-state index contributed by atoms with van der Waals surface area (Å²) < 4.78 is 13.3. The zero-order valence-electron chi connectivity index (χ0n) is 17.0. The first-order valence-electron chi connectivity index (χ1n) is 10.8. The average molecular weight is 416 g/mol. The number of alkyl halides is 2. The zero-order chi connectivity index (χ0) is 20.1. The second kappa shape index (κ2) is 10.2. The summed E-state index contributed by atoms with van der Waals surface area (Å²) in [6, 6.07) is 0.540. The van der Waals surface area contributed by atoms with Gasteiger partial charge in [-0.1, -0.05) is 0 Å². The Kier molecular flexibility index (Phi) is 7.94. The summed E-state index contributed by atoms with van der Waals surface area (Å²) in [5, 5.41) is 6.52. The van der Waals surface area contributed by atoms with Crippen LogP contribution >= 0.6 is 11.6 Å². The number of hydrogen-bond donors (Lipinski definition) is 4. The summed E-state index contributed by atoms with van der Waals surface area (Å²) in [5.41, 5.74) is 6.66. The molecule has 3 aliphatic rings. The SMILES string of the molecule is CC(C)N/C(=N\C1CC(C2CCC(Cl)CC2)NN1)NC(=O)C1CCC(F)CC1. The average Bonchev–Trinajstić information content (AvgIpc) is 3.10. The number of hydrazine groups is 1. The molecule has 2 aliphatic carbocycles. The standard InChI is InChI=1S/C20H35ClFN5O/c1-12(2)23-20(25-19(28)14-5-9-16(22)10-6-14)24-18-11-17(26-27-18)13-3-7-15(21)8-4-13/h12-18,26-27H,3-11H2,1-2H3,(H2,23,24,25,28). The van der Waals surface area contributed by atoms with E-state index < -0.39 is 6.17 Å². The topological polar surface area (TPSA) is 77.6 Å². The van der Waals surface area contributed by atoms with Gasteiger partial charge in [0.25, 0.3) is 0 Å². The molecule has 1 heterocycles. The van der Waals surface area contributed by atoms with Crippen LogP contribution in [0.25, 0.3) is 0 Å². The predicted octanol–water partition coefficient (Wildman–Crippen LogP) is 2.98. The van der Waals surface area contributed by atoms with Gasteiger partial charge in [0.15, 0.2) is 5.96 Å². The molecule has 2 atom stereocenters. The zero-order valence-corrected chi connectivity index (χ0v) is 17.8. The molecule has 3 rings (SSSR count). The number of nitrogens with zero attached hydrogens (tertiary/aromatic N) is 1. The molecule has 8 heteroatoms. The van der Waals surface area contributed by atoms with Crippen LogP contribution in [0.15, 0.2) is 4.99 Å². The molecule has 160 valence electrons. The van der Waals surface area contributed by atoms with E-state index in [0.717, 1.165) is 32.1 Å². The van der Waals surface area contributed by atoms with Crippen LogP contribution in [0.4, 0.5) is 4.39 Å². The van der Waals surface area contributed by atoms with Crippen molar-refractivity contribution in [3.05, 3.63) is 0 Å². The Balaban J connectivity index is 1.55. The first-order valence-corrected chi connectivity index (χ1v) is 11.3. The van der Waals surface area contributed by atoms with Crippen molar-refractivity contribution >= 4 is 23.5 Å². The Labute approximate surface area is 172 Å². The van der Waals surface area contributed by atoms with Crippen molar-refractivity contribution in [1.29, 1.82) is 0 Å². The lowest BCUT2D eigenvalue weighted by atomic mass is 9.83. The van der Waals surface area contributed by atoms with Gasteiger partial charge in [-0.3, -0.25) is 15.5 Å². The first kappa shape index (κ1) is 21.8. The fourth-order valence-corrected chi connectivity index (χ4v) is 4.76. The molecule has 3 fully saturated rings. The number of rotatable bonds is 4. The van der Waals surface area contributed by atoms with Crippen LogP contribution in [-0.2, 0) is 4.79 Å². The smallest absolute Gasteiger partial charge is 0.229 e. The van der Waals surface area contributed by atoms with Gasteiger partial charge in [-0.2, -0.15) is 0 Å². The number of nitrogens with one attached hydrogen (secondary N) is 4. The molecular weight excluding hydrogens is 381 g/mol. The molecule has 0 bridgehead atoms. The summed E-state index contributed by atoms with van der Waals surface area (Å²) in [5.74, 6) is 0.947. The van der Waals surface area contributed by atoms with E-state index in [2.05, 4.69) is 21.5 Å². The van der Waals surface area contributed by atoms with E-state index in [1.54, 1.807) is 0 Å². The van der Waals surface area contributed by atoms with Crippen molar-refractivity contribution in [1.82, 2.24) is 21.5 Å². The molecule has 0 aromatic heterocycles. The maximum absolute atomic E-state index is 13.3. The van der Waals surface area contributed by atoms with Gasteiger partial charge in [-0.15, -0.1) is 11.6 Å². The number of amides is 1. The maximum Gasteiger partial charge on any atom is 0.229 e. The van der Waals surface area contributed by atoms with E-state index in [1.807, 2.05) is 13.8 Å².